The highest BCUT2D eigenvalue weighted by Gasteiger charge is 2.25. The molecule has 0 radical (unpaired) electrons. The predicted molar refractivity (Wildman–Crippen MR) is 70.8 cm³/mol. The smallest absolute Gasteiger partial charge is 0.303 e. The minimum Gasteiger partial charge on any atom is -0.481 e. The lowest BCUT2D eigenvalue weighted by atomic mass is 9.94. The number of carboxylic acids is 1. The summed E-state index contributed by atoms with van der Waals surface area (Å²) >= 11 is 0. The number of hydrogen-bond acceptors (Lipinski definition) is 3. The third kappa shape index (κ3) is 3.54. The van der Waals surface area contributed by atoms with Gasteiger partial charge in [0.15, 0.2) is 0 Å². The largest absolute Gasteiger partial charge is 0.481 e. The molecule has 3 N–H and O–H groups in total. The molecule has 1 amide bonds. The van der Waals surface area contributed by atoms with E-state index in [1.807, 2.05) is 24.3 Å². The quantitative estimate of drug-likeness (QED) is 0.688. The molecule has 1 atom stereocenters. The van der Waals surface area contributed by atoms with Crippen molar-refractivity contribution in [3.8, 4) is 0 Å². The lowest BCUT2D eigenvalue weighted by Gasteiger charge is -2.26. The molecule has 2 rings (SSSR count). The summed E-state index contributed by atoms with van der Waals surface area (Å²) in [4.78, 5) is 22.5. The minimum absolute atomic E-state index is 0.0783. The Morgan fingerprint density at radius 1 is 1.37 bits per heavy atom. The van der Waals surface area contributed by atoms with Crippen LogP contribution in [0.4, 0.5) is 0 Å². The van der Waals surface area contributed by atoms with E-state index in [1.165, 1.54) is 5.56 Å². The second-order valence-electron chi connectivity index (χ2n) is 4.62. The van der Waals surface area contributed by atoms with E-state index in [1.54, 1.807) is 0 Å². The molecule has 1 heterocycles. The van der Waals surface area contributed by atoms with Crippen LogP contribution in [0.3, 0.4) is 0 Å². The molecule has 19 heavy (non-hydrogen) atoms. The van der Waals surface area contributed by atoms with Gasteiger partial charge in [-0.2, -0.15) is 0 Å². The average Bonchev–Trinajstić information content (AvgIpc) is 2.42. The van der Waals surface area contributed by atoms with Gasteiger partial charge in [-0.05, 0) is 24.0 Å². The summed E-state index contributed by atoms with van der Waals surface area (Å²) in [5.74, 6) is -0.923. The highest BCUT2D eigenvalue weighted by molar-refractivity contribution is 5.84. The van der Waals surface area contributed by atoms with Crippen LogP contribution < -0.4 is 10.6 Å². The van der Waals surface area contributed by atoms with Crippen molar-refractivity contribution in [1.82, 2.24) is 10.6 Å². The number of hydrogen-bond donors (Lipinski definition) is 3. The van der Waals surface area contributed by atoms with E-state index < -0.39 is 5.97 Å². The number of benzene rings is 1. The Morgan fingerprint density at radius 2 is 2.16 bits per heavy atom. The van der Waals surface area contributed by atoms with Crippen molar-refractivity contribution >= 4 is 11.9 Å². The van der Waals surface area contributed by atoms with Gasteiger partial charge in [0.2, 0.25) is 5.91 Å². The number of aliphatic carboxylic acids is 1. The standard InChI is InChI=1S/C14H18N2O3/c17-12(18)6-3-8-16-14(19)13-11-5-2-1-4-10(11)7-9-15-13/h1-2,4-5,13,15H,3,6-9H2,(H,16,19)(H,17,18). The summed E-state index contributed by atoms with van der Waals surface area (Å²) in [6.07, 6.45) is 1.46. The van der Waals surface area contributed by atoms with Crippen molar-refractivity contribution < 1.29 is 14.7 Å². The monoisotopic (exact) mass is 262 g/mol. The molecular formula is C14H18N2O3. The molecule has 0 saturated carbocycles. The maximum Gasteiger partial charge on any atom is 0.303 e. The van der Waals surface area contributed by atoms with Gasteiger partial charge in [-0.3, -0.25) is 9.59 Å². The molecule has 1 aliphatic heterocycles. The van der Waals surface area contributed by atoms with Gasteiger partial charge in [-0.25, -0.2) is 0 Å². The molecule has 0 fully saturated rings. The van der Waals surface area contributed by atoms with Crippen molar-refractivity contribution in [3.63, 3.8) is 0 Å². The molecule has 1 unspecified atom stereocenters. The lowest BCUT2D eigenvalue weighted by molar-refractivity contribution is -0.137. The van der Waals surface area contributed by atoms with Crippen LogP contribution in [0.5, 0.6) is 0 Å². The normalized spacial score (nSPS) is 17.6. The van der Waals surface area contributed by atoms with Crippen LogP contribution in [0.25, 0.3) is 0 Å². The van der Waals surface area contributed by atoms with Crippen molar-refractivity contribution in [2.24, 2.45) is 0 Å². The van der Waals surface area contributed by atoms with E-state index in [0.29, 0.717) is 13.0 Å². The number of rotatable bonds is 5. The number of carbonyl (C=O) groups is 2. The zero-order chi connectivity index (χ0) is 13.7. The molecule has 0 aromatic heterocycles. The Kier molecular flexibility index (Phi) is 4.52. The first-order valence-corrected chi connectivity index (χ1v) is 6.49. The van der Waals surface area contributed by atoms with Crippen molar-refractivity contribution in [2.75, 3.05) is 13.1 Å². The predicted octanol–water partition coefficient (Wildman–Crippen LogP) is 0.854. The fraction of sp³-hybridized carbons (Fsp3) is 0.429. The summed E-state index contributed by atoms with van der Waals surface area (Å²) in [7, 11) is 0. The first-order valence-electron chi connectivity index (χ1n) is 6.49. The SMILES string of the molecule is O=C(O)CCCNC(=O)C1NCCc2ccccc21. The lowest BCUT2D eigenvalue weighted by Crippen LogP contribution is -2.41. The Labute approximate surface area is 112 Å². The average molecular weight is 262 g/mol. The van der Waals surface area contributed by atoms with Gasteiger partial charge in [0.05, 0.1) is 0 Å². The van der Waals surface area contributed by atoms with E-state index in [-0.39, 0.29) is 18.4 Å². The van der Waals surface area contributed by atoms with Gasteiger partial charge in [-0.1, -0.05) is 24.3 Å². The van der Waals surface area contributed by atoms with Crippen LogP contribution >= 0.6 is 0 Å². The van der Waals surface area contributed by atoms with Gasteiger partial charge in [-0.15, -0.1) is 0 Å². The Balaban J connectivity index is 1.92. The van der Waals surface area contributed by atoms with Gasteiger partial charge in [0, 0.05) is 19.5 Å². The Bertz CT molecular complexity index is 474. The summed E-state index contributed by atoms with van der Waals surface area (Å²) in [5, 5.41) is 14.5. The zero-order valence-electron chi connectivity index (χ0n) is 10.7. The third-order valence-corrected chi connectivity index (χ3v) is 3.24. The van der Waals surface area contributed by atoms with E-state index in [2.05, 4.69) is 10.6 Å². The van der Waals surface area contributed by atoms with Gasteiger partial charge >= 0.3 is 5.97 Å². The van der Waals surface area contributed by atoms with E-state index in [9.17, 15) is 9.59 Å². The highest BCUT2D eigenvalue weighted by Crippen LogP contribution is 2.22. The van der Waals surface area contributed by atoms with Crippen LogP contribution in [0, 0.1) is 0 Å². The fourth-order valence-corrected chi connectivity index (χ4v) is 2.29. The highest BCUT2D eigenvalue weighted by atomic mass is 16.4. The van der Waals surface area contributed by atoms with Gasteiger partial charge in [0.1, 0.15) is 6.04 Å². The molecule has 1 aromatic rings. The topological polar surface area (TPSA) is 78.4 Å². The molecule has 5 nitrogen and oxygen atoms in total. The van der Waals surface area contributed by atoms with Crippen molar-refractivity contribution in [2.45, 2.75) is 25.3 Å². The maximum absolute atomic E-state index is 12.1. The minimum atomic E-state index is -0.838. The molecule has 1 aromatic carbocycles. The summed E-state index contributed by atoms with van der Waals surface area (Å²) in [5.41, 5.74) is 2.22. The molecular weight excluding hydrogens is 244 g/mol. The number of nitrogens with one attached hydrogen (secondary N) is 2. The zero-order valence-corrected chi connectivity index (χ0v) is 10.7. The van der Waals surface area contributed by atoms with Crippen molar-refractivity contribution in [3.05, 3.63) is 35.4 Å². The second kappa shape index (κ2) is 6.33. The summed E-state index contributed by atoms with van der Waals surface area (Å²) in [6, 6.07) is 7.58. The molecule has 0 saturated heterocycles. The van der Waals surface area contributed by atoms with Gasteiger partial charge in [0.25, 0.3) is 0 Å². The number of carboxylic acid groups (broad SMARTS) is 1. The first-order chi connectivity index (χ1) is 9.18. The summed E-state index contributed by atoms with van der Waals surface area (Å²) < 4.78 is 0. The number of fused-ring (bicyclic) bond motifs is 1. The number of carbonyl (C=O) groups excluding carboxylic acids is 1. The van der Waals surface area contributed by atoms with Crippen LogP contribution in [0.15, 0.2) is 24.3 Å². The van der Waals surface area contributed by atoms with Crippen LogP contribution in [-0.4, -0.2) is 30.1 Å². The van der Waals surface area contributed by atoms with Crippen LogP contribution in [-0.2, 0) is 16.0 Å². The fourth-order valence-electron chi connectivity index (χ4n) is 2.29. The second-order valence-corrected chi connectivity index (χ2v) is 4.62. The molecule has 5 heteroatoms. The first kappa shape index (κ1) is 13.5. The van der Waals surface area contributed by atoms with E-state index >= 15 is 0 Å². The number of amides is 1. The van der Waals surface area contributed by atoms with E-state index in [0.717, 1.165) is 18.5 Å². The third-order valence-electron chi connectivity index (χ3n) is 3.24. The molecule has 0 aliphatic carbocycles. The Hall–Kier alpha value is -1.88. The molecule has 0 spiro atoms. The Morgan fingerprint density at radius 3 is 2.95 bits per heavy atom. The van der Waals surface area contributed by atoms with Crippen LogP contribution in [0.1, 0.15) is 30.0 Å². The van der Waals surface area contributed by atoms with Crippen LogP contribution in [0.2, 0.25) is 0 Å². The molecule has 1 aliphatic rings. The maximum atomic E-state index is 12.1. The van der Waals surface area contributed by atoms with Gasteiger partial charge < -0.3 is 15.7 Å². The van der Waals surface area contributed by atoms with Crippen molar-refractivity contribution in [1.29, 1.82) is 0 Å². The molecule has 0 bridgehead atoms. The molecule has 102 valence electrons. The summed E-state index contributed by atoms with van der Waals surface area (Å²) in [6.45, 7) is 1.18. The van der Waals surface area contributed by atoms with E-state index in [4.69, 9.17) is 5.11 Å².